The average Bonchev–Trinajstić information content (AvgIpc) is 2.60. The van der Waals surface area contributed by atoms with Gasteiger partial charge in [0.05, 0.1) is 12.1 Å². The van der Waals surface area contributed by atoms with Gasteiger partial charge in [0.1, 0.15) is 5.75 Å². The molecule has 0 radical (unpaired) electrons. The number of carbonyl (C=O) groups excluding carboxylic acids is 2. The Morgan fingerprint density at radius 2 is 1.88 bits per heavy atom. The average molecular weight is 383 g/mol. The van der Waals surface area contributed by atoms with E-state index < -0.39 is 18.4 Å². The summed E-state index contributed by atoms with van der Waals surface area (Å²) in [6.45, 7) is -1.21. The highest BCUT2D eigenvalue weighted by Crippen LogP contribution is 2.20. The number of nitrogens with one attached hydrogen (secondary N) is 2. The minimum absolute atomic E-state index is 0.0775. The summed E-state index contributed by atoms with van der Waals surface area (Å²) in [5.41, 5.74) is 1.75. The van der Waals surface area contributed by atoms with E-state index in [1.54, 1.807) is 12.1 Å². The van der Waals surface area contributed by atoms with Crippen molar-refractivity contribution >= 4 is 23.4 Å². The number of hydrogen-bond acceptors (Lipinski definition) is 3. The number of carbonyl (C=O) groups is 2. The van der Waals surface area contributed by atoms with Crippen LogP contribution in [-0.2, 0) is 11.3 Å². The normalized spacial score (nSPS) is 10.5. The predicted molar refractivity (Wildman–Crippen MR) is 93.4 cm³/mol. The van der Waals surface area contributed by atoms with Crippen LogP contribution in [0.5, 0.6) is 5.75 Å². The fraction of sp³-hybridized carbons (Fsp3) is 0.222. The van der Waals surface area contributed by atoms with Crippen molar-refractivity contribution in [1.29, 1.82) is 0 Å². The molecule has 0 spiro atoms. The maximum Gasteiger partial charge on any atom is 0.387 e. The lowest BCUT2D eigenvalue weighted by atomic mass is 10.1. The zero-order chi connectivity index (χ0) is 19.1. The Morgan fingerprint density at radius 1 is 1.15 bits per heavy atom. The summed E-state index contributed by atoms with van der Waals surface area (Å²) >= 11 is 5.92. The molecule has 2 amide bonds. The highest BCUT2D eigenvalue weighted by atomic mass is 35.5. The zero-order valence-electron chi connectivity index (χ0n) is 13.9. The Kier molecular flexibility index (Phi) is 6.91. The lowest BCUT2D eigenvalue weighted by molar-refractivity contribution is -0.120. The highest BCUT2D eigenvalue weighted by Gasteiger charge is 2.16. The standard InChI is InChI=1S/C18H17ClF2N2O3/c1-11-6-7-13(19)8-12(11)9-22-16(24)10-23-17(25)14-4-2-3-5-15(14)26-18(20)21/h2-8,18H,9-10H2,1H3,(H,22,24)(H,23,25). The van der Waals surface area contributed by atoms with Gasteiger partial charge in [0, 0.05) is 11.6 Å². The lowest BCUT2D eigenvalue weighted by Crippen LogP contribution is -2.36. The van der Waals surface area contributed by atoms with Gasteiger partial charge < -0.3 is 15.4 Å². The smallest absolute Gasteiger partial charge is 0.387 e. The molecule has 0 aliphatic heterocycles. The minimum Gasteiger partial charge on any atom is -0.434 e. The monoisotopic (exact) mass is 382 g/mol. The number of aryl methyl sites for hydroxylation is 1. The van der Waals surface area contributed by atoms with Crippen LogP contribution in [0, 0.1) is 6.92 Å². The molecule has 138 valence electrons. The molecular weight excluding hydrogens is 366 g/mol. The number of alkyl halides is 2. The van der Waals surface area contributed by atoms with Crippen molar-refractivity contribution in [3.63, 3.8) is 0 Å². The number of ether oxygens (including phenoxy) is 1. The van der Waals surface area contributed by atoms with E-state index in [2.05, 4.69) is 15.4 Å². The van der Waals surface area contributed by atoms with E-state index >= 15 is 0 Å². The van der Waals surface area contributed by atoms with Crippen LogP contribution < -0.4 is 15.4 Å². The summed E-state index contributed by atoms with van der Waals surface area (Å²) < 4.78 is 29.0. The molecule has 0 heterocycles. The molecule has 0 saturated heterocycles. The molecule has 2 aromatic carbocycles. The SMILES string of the molecule is Cc1ccc(Cl)cc1CNC(=O)CNC(=O)c1ccccc1OC(F)F. The number of hydrogen-bond donors (Lipinski definition) is 2. The Hall–Kier alpha value is -2.67. The highest BCUT2D eigenvalue weighted by molar-refractivity contribution is 6.30. The number of para-hydroxylation sites is 1. The van der Waals surface area contributed by atoms with Crippen LogP contribution in [0.4, 0.5) is 8.78 Å². The molecule has 2 N–H and O–H groups in total. The van der Waals surface area contributed by atoms with Gasteiger partial charge in [-0.25, -0.2) is 0 Å². The number of rotatable bonds is 7. The lowest BCUT2D eigenvalue weighted by Gasteiger charge is -2.11. The van der Waals surface area contributed by atoms with E-state index in [-0.39, 0.29) is 24.4 Å². The molecule has 0 aromatic heterocycles. The summed E-state index contributed by atoms with van der Waals surface area (Å²) in [5, 5.41) is 5.59. The van der Waals surface area contributed by atoms with E-state index in [1.165, 1.54) is 24.3 Å². The molecule has 0 saturated carbocycles. The maximum absolute atomic E-state index is 12.4. The summed E-state index contributed by atoms with van der Waals surface area (Å²) in [7, 11) is 0. The molecule has 0 atom stereocenters. The second-order valence-corrected chi connectivity index (χ2v) is 5.84. The molecule has 2 rings (SSSR count). The largest absolute Gasteiger partial charge is 0.434 e. The zero-order valence-corrected chi connectivity index (χ0v) is 14.6. The first-order valence-electron chi connectivity index (χ1n) is 7.70. The predicted octanol–water partition coefficient (Wildman–Crippen LogP) is 3.30. The van der Waals surface area contributed by atoms with Crippen LogP contribution in [0.25, 0.3) is 0 Å². The van der Waals surface area contributed by atoms with Crippen molar-refractivity contribution in [2.45, 2.75) is 20.1 Å². The van der Waals surface area contributed by atoms with Gasteiger partial charge in [0.25, 0.3) is 5.91 Å². The van der Waals surface area contributed by atoms with Gasteiger partial charge in [-0.2, -0.15) is 8.78 Å². The summed E-state index contributed by atoms with van der Waals surface area (Å²) in [4.78, 5) is 24.0. The van der Waals surface area contributed by atoms with Crippen LogP contribution >= 0.6 is 11.6 Å². The van der Waals surface area contributed by atoms with Gasteiger partial charge in [-0.3, -0.25) is 9.59 Å². The maximum atomic E-state index is 12.4. The van der Waals surface area contributed by atoms with Crippen molar-refractivity contribution in [2.75, 3.05) is 6.54 Å². The minimum atomic E-state index is -3.05. The molecule has 0 bridgehead atoms. The first-order valence-corrected chi connectivity index (χ1v) is 8.08. The molecule has 0 fully saturated rings. The summed E-state index contributed by atoms with van der Waals surface area (Å²) in [6.07, 6.45) is 0. The van der Waals surface area contributed by atoms with Crippen molar-refractivity contribution in [3.05, 3.63) is 64.2 Å². The molecule has 0 aliphatic rings. The van der Waals surface area contributed by atoms with Gasteiger partial charge in [-0.1, -0.05) is 29.8 Å². The molecule has 0 unspecified atom stereocenters. The molecule has 26 heavy (non-hydrogen) atoms. The first kappa shape index (κ1) is 19.7. The second-order valence-electron chi connectivity index (χ2n) is 5.40. The topological polar surface area (TPSA) is 67.4 Å². The van der Waals surface area contributed by atoms with E-state index in [1.807, 2.05) is 13.0 Å². The number of amides is 2. The Labute approximate surface area is 154 Å². The van der Waals surface area contributed by atoms with Crippen LogP contribution in [0.2, 0.25) is 5.02 Å². The van der Waals surface area contributed by atoms with Crippen LogP contribution in [0.3, 0.4) is 0 Å². The van der Waals surface area contributed by atoms with Crippen LogP contribution in [-0.4, -0.2) is 25.0 Å². The molecule has 2 aromatic rings. The Bertz CT molecular complexity index is 800. The summed E-state index contributed by atoms with van der Waals surface area (Å²) in [5.74, 6) is -1.37. The molecule has 0 aliphatic carbocycles. The van der Waals surface area contributed by atoms with E-state index in [4.69, 9.17) is 11.6 Å². The number of benzene rings is 2. The Morgan fingerprint density at radius 3 is 2.62 bits per heavy atom. The molecule has 8 heteroatoms. The molecular formula is C18H17ClF2N2O3. The second kappa shape index (κ2) is 9.15. The van der Waals surface area contributed by atoms with Gasteiger partial charge >= 0.3 is 6.61 Å². The van der Waals surface area contributed by atoms with E-state index in [9.17, 15) is 18.4 Å². The van der Waals surface area contributed by atoms with Gasteiger partial charge in [-0.15, -0.1) is 0 Å². The van der Waals surface area contributed by atoms with Crippen molar-refractivity contribution in [3.8, 4) is 5.75 Å². The molecule has 5 nitrogen and oxygen atoms in total. The first-order chi connectivity index (χ1) is 12.4. The fourth-order valence-electron chi connectivity index (χ4n) is 2.20. The van der Waals surface area contributed by atoms with Gasteiger partial charge in [0.15, 0.2) is 0 Å². The van der Waals surface area contributed by atoms with Crippen molar-refractivity contribution in [1.82, 2.24) is 10.6 Å². The van der Waals surface area contributed by atoms with Crippen LogP contribution in [0.1, 0.15) is 21.5 Å². The van der Waals surface area contributed by atoms with Crippen molar-refractivity contribution < 1.29 is 23.1 Å². The van der Waals surface area contributed by atoms with E-state index in [0.717, 1.165) is 11.1 Å². The van der Waals surface area contributed by atoms with Crippen LogP contribution in [0.15, 0.2) is 42.5 Å². The van der Waals surface area contributed by atoms with Crippen molar-refractivity contribution in [2.24, 2.45) is 0 Å². The Balaban J connectivity index is 1.89. The third-order valence-corrected chi connectivity index (χ3v) is 3.78. The quantitative estimate of drug-likeness (QED) is 0.772. The van der Waals surface area contributed by atoms with E-state index in [0.29, 0.717) is 5.02 Å². The summed E-state index contributed by atoms with van der Waals surface area (Å²) in [6, 6.07) is 10.9. The van der Waals surface area contributed by atoms with Gasteiger partial charge in [-0.05, 0) is 42.3 Å². The third-order valence-electron chi connectivity index (χ3n) is 3.54. The fourth-order valence-corrected chi connectivity index (χ4v) is 2.39. The number of halogens is 3. The third kappa shape index (κ3) is 5.70. The van der Waals surface area contributed by atoms with Gasteiger partial charge in [0.2, 0.25) is 5.91 Å².